The van der Waals surface area contributed by atoms with E-state index in [1.165, 1.54) is 11.1 Å². The third kappa shape index (κ3) is 5.92. The molecule has 2 fully saturated rings. The molecule has 8 nitrogen and oxygen atoms in total. The highest BCUT2D eigenvalue weighted by Gasteiger charge is 2.38. The van der Waals surface area contributed by atoms with Crippen molar-refractivity contribution in [2.45, 2.75) is 39.2 Å². The lowest BCUT2D eigenvalue weighted by molar-refractivity contribution is -0.142. The molecule has 8 heteroatoms. The lowest BCUT2D eigenvalue weighted by atomic mass is 9.96. The van der Waals surface area contributed by atoms with E-state index < -0.39 is 0 Å². The fourth-order valence-electron chi connectivity index (χ4n) is 5.20. The van der Waals surface area contributed by atoms with Gasteiger partial charge in [0.2, 0.25) is 5.91 Å². The second-order valence-corrected chi connectivity index (χ2v) is 10.5. The van der Waals surface area contributed by atoms with Crippen molar-refractivity contribution in [2.24, 2.45) is 11.0 Å². The van der Waals surface area contributed by atoms with Crippen molar-refractivity contribution in [3.63, 3.8) is 0 Å². The highest BCUT2D eigenvalue weighted by molar-refractivity contribution is 6.03. The molecule has 5 rings (SSSR count). The van der Waals surface area contributed by atoms with Gasteiger partial charge in [-0.25, -0.2) is 5.01 Å². The van der Waals surface area contributed by atoms with Crippen molar-refractivity contribution in [1.82, 2.24) is 14.8 Å². The van der Waals surface area contributed by atoms with Gasteiger partial charge < -0.3 is 14.4 Å². The van der Waals surface area contributed by atoms with Gasteiger partial charge in [-0.3, -0.25) is 14.5 Å². The van der Waals surface area contributed by atoms with Crippen molar-refractivity contribution < 1.29 is 19.1 Å². The Morgan fingerprint density at radius 3 is 2.55 bits per heavy atom. The molecule has 3 aliphatic rings. The number of hydrogen-bond acceptors (Lipinski definition) is 6. The molecule has 1 unspecified atom stereocenters. The Bertz CT molecular complexity index is 1200. The number of methoxy groups -OCH3 is 1. The summed E-state index contributed by atoms with van der Waals surface area (Å²) in [5, 5.41) is 6.45. The Hall–Kier alpha value is -3.23. The van der Waals surface area contributed by atoms with Crippen LogP contribution in [0.15, 0.2) is 47.6 Å². The van der Waals surface area contributed by atoms with Gasteiger partial charge in [0.15, 0.2) is 0 Å². The van der Waals surface area contributed by atoms with E-state index in [1.54, 1.807) is 17.0 Å². The van der Waals surface area contributed by atoms with E-state index in [-0.39, 0.29) is 30.3 Å². The van der Waals surface area contributed by atoms with Crippen molar-refractivity contribution in [3.8, 4) is 5.75 Å². The van der Waals surface area contributed by atoms with Gasteiger partial charge in [0.25, 0.3) is 5.91 Å². The summed E-state index contributed by atoms with van der Waals surface area (Å²) >= 11 is 0. The van der Waals surface area contributed by atoms with Crippen LogP contribution in [0.2, 0.25) is 0 Å². The van der Waals surface area contributed by atoms with E-state index in [9.17, 15) is 9.59 Å². The van der Waals surface area contributed by atoms with Gasteiger partial charge in [0.1, 0.15) is 12.3 Å². The number of aryl methyl sites for hydroxylation is 2. The van der Waals surface area contributed by atoms with E-state index in [1.807, 2.05) is 24.3 Å². The summed E-state index contributed by atoms with van der Waals surface area (Å²) in [6.45, 7) is 8.59. The molecule has 1 saturated carbocycles. The van der Waals surface area contributed by atoms with Crippen LogP contribution in [-0.2, 0) is 14.3 Å². The minimum atomic E-state index is -0.299. The lowest BCUT2D eigenvalue weighted by Gasteiger charge is -2.31. The van der Waals surface area contributed by atoms with Gasteiger partial charge in [-0.2, -0.15) is 5.10 Å². The van der Waals surface area contributed by atoms with Gasteiger partial charge in [0.05, 0.1) is 32.1 Å². The average Bonchev–Trinajstić information content (AvgIpc) is 3.70. The molecule has 0 bridgehead atoms. The molecule has 202 valence electrons. The predicted octanol–water partition coefficient (Wildman–Crippen LogP) is 3.56. The maximum atomic E-state index is 13.9. The first-order chi connectivity index (χ1) is 18.4. The number of rotatable bonds is 9. The Kier molecular flexibility index (Phi) is 8.09. The number of carbonyl (C=O) groups excluding carboxylic acids is 2. The monoisotopic (exact) mass is 518 g/mol. The van der Waals surface area contributed by atoms with Gasteiger partial charge in [-0.05, 0) is 55.5 Å². The van der Waals surface area contributed by atoms with Crippen molar-refractivity contribution in [2.75, 3.05) is 53.0 Å². The molecular weight excluding hydrogens is 480 g/mol. The van der Waals surface area contributed by atoms with E-state index in [0.29, 0.717) is 26.2 Å². The summed E-state index contributed by atoms with van der Waals surface area (Å²) < 4.78 is 11.1. The summed E-state index contributed by atoms with van der Waals surface area (Å²) in [4.78, 5) is 31.1. The highest BCUT2D eigenvalue weighted by atomic mass is 16.5. The normalized spacial score (nSPS) is 19.8. The number of para-hydroxylation sites is 1. The first-order valence-corrected chi connectivity index (χ1v) is 13.6. The van der Waals surface area contributed by atoms with Crippen molar-refractivity contribution in [1.29, 1.82) is 0 Å². The maximum Gasteiger partial charge on any atom is 0.262 e. The third-order valence-corrected chi connectivity index (χ3v) is 7.86. The molecule has 2 aromatic rings. The van der Waals surface area contributed by atoms with Crippen LogP contribution in [0.1, 0.15) is 47.6 Å². The minimum Gasteiger partial charge on any atom is -0.496 e. The number of benzene rings is 2. The summed E-state index contributed by atoms with van der Waals surface area (Å²) in [5.41, 5.74) is 5.20. The first-order valence-electron chi connectivity index (χ1n) is 13.6. The van der Waals surface area contributed by atoms with Crippen LogP contribution in [0.5, 0.6) is 5.75 Å². The van der Waals surface area contributed by atoms with Crippen molar-refractivity contribution in [3.05, 3.63) is 64.7 Å². The zero-order valence-electron chi connectivity index (χ0n) is 22.7. The molecule has 0 spiro atoms. The molecule has 2 aromatic carbocycles. The third-order valence-electron chi connectivity index (χ3n) is 7.86. The molecule has 2 heterocycles. The molecule has 1 aliphatic carbocycles. The van der Waals surface area contributed by atoms with Gasteiger partial charge in [0, 0.05) is 44.1 Å². The highest BCUT2D eigenvalue weighted by Crippen LogP contribution is 2.38. The van der Waals surface area contributed by atoms with E-state index in [0.717, 1.165) is 55.1 Å². The van der Waals surface area contributed by atoms with E-state index in [4.69, 9.17) is 14.6 Å². The second kappa shape index (κ2) is 11.7. The standard InChI is InChI=1S/C30H38N4O4/c1-21-8-9-24(18-22(21)2)26-19-27(25-6-4-5-7-28(25)37-3)34(31-26)29(35)20-33(30(36)23-10-11-23)13-12-32-14-16-38-17-15-32/h4-9,18,23,27H,10-17,19-20H2,1-3H3. The largest absolute Gasteiger partial charge is 0.496 e. The zero-order chi connectivity index (χ0) is 26.6. The van der Waals surface area contributed by atoms with Crippen LogP contribution >= 0.6 is 0 Å². The molecule has 1 saturated heterocycles. The van der Waals surface area contributed by atoms with E-state index in [2.05, 4.69) is 36.9 Å². The summed E-state index contributed by atoms with van der Waals surface area (Å²) in [7, 11) is 1.65. The Balaban J connectivity index is 1.40. The topological polar surface area (TPSA) is 74.7 Å². The zero-order valence-corrected chi connectivity index (χ0v) is 22.7. The molecule has 38 heavy (non-hydrogen) atoms. The molecule has 1 atom stereocenters. The number of hydrogen-bond donors (Lipinski definition) is 0. The fourth-order valence-corrected chi connectivity index (χ4v) is 5.20. The first kappa shape index (κ1) is 26.4. The number of nitrogens with zero attached hydrogens (tertiary/aromatic N) is 4. The SMILES string of the molecule is COc1ccccc1C1CC(c2ccc(C)c(C)c2)=NN1C(=O)CN(CCN1CCOCC1)C(=O)C1CC1. The Morgan fingerprint density at radius 1 is 1.08 bits per heavy atom. The van der Waals surface area contributed by atoms with Gasteiger partial charge >= 0.3 is 0 Å². The average molecular weight is 519 g/mol. The molecule has 0 N–H and O–H groups in total. The van der Waals surface area contributed by atoms with Gasteiger partial charge in [-0.1, -0.05) is 30.3 Å². The number of amides is 2. The van der Waals surface area contributed by atoms with Crippen LogP contribution in [-0.4, -0.2) is 85.4 Å². The molecule has 0 radical (unpaired) electrons. The molecule has 0 aromatic heterocycles. The van der Waals surface area contributed by atoms with Crippen LogP contribution in [0.4, 0.5) is 0 Å². The van der Waals surface area contributed by atoms with E-state index >= 15 is 0 Å². The maximum absolute atomic E-state index is 13.9. The fraction of sp³-hybridized carbons (Fsp3) is 0.500. The quantitative estimate of drug-likeness (QED) is 0.508. The van der Waals surface area contributed by atoms with Crippen LogP contribution in [0.25, 0.3) is 0 Å². The second-order valence-electron chi connectivity index (χ2n) is 10.5. The number of hydrazone groups is 1. The van der Waals surface area contributed by atoms with Crippen LogP contribution in [0.3, 0.4) is 0 Å². The molecule has 2 aliphatic heterocycles. The van der Waals surface area contributed by atoms with Gasteiger partial charge in [-0.15, -0.1) is 0 Å². The Labute approximate surface area is 225 Å². The number of morpholine rings is 1. The number of carbonyl (C=O) groups is 2. The smallest absolute Gasteiger partial charge is 0.262 e. The molecule has 2 amide bonds. The number of ether oxygens (including phenoxy) is 2. The Morgan fingerprint density at radius 2 is 1.84 bits per heavy atom. The minimum absolute atomic E-state index is 0.0228. The van der Waals surface area contributed by atoms with Crippen molar-refractivity contribution >= 4 is 17.5 Å². The van der Waals surface area contributed by atoms with Crippen LogP contribution in [0, 0.1) is 19.8 Å². The summed E-state index contributed by atoms with van der Waals surface area (Å²) in [6.07, 6.45) is 2.40. The molecular formula is C30H38N4O4. The summed E-state index contributed by atoms with van der Waals surface area (Å²) in [5.74, 6) is 0.685. The predicted molar refractivity (Wildman–Crippen MR) is 146 cm³/mol. The van der Waals surface area contributed by atoms with Crippen LogP contribution < -0.4 is 4.74 Å². The lowest BCUT2D eigenvalue weighted by Crippen LogP contribution is -2.47. The summed E-state index contributed by atoms with van der Waals surface area (Å²) in [6, 6.07) is 13.8.